The van der Waals surface area contributed by atoms with E-state index in [0.29, 0.717) is 17.0 Å². The van der Waals surface area contributed by atoms with Crippen molar-refractivity contribution in [3.8, 4) is 11.6 Å². The summed E-state index contributed by atoms with van der Waals surface area (Å²) in [4.78, 5) is 35.2. The van der Waals surface area contributed by atoms with Crippen LogP contribution in [0, 0.1) is 10.1 Å². The smallest absolute Gasteiger partial charge is 0.333 e. The molecule has 0 bridgehead atoms. The average Bonchev–Trinajstić information content (AvgIpc) is 2.79. The van der Waals surface area contributed by atoms with Gasteiger partial charge in [-0.1, -0.05) is 0 Å². The molecule has 0 fully saturated rings. The van der Waals surface area contributed by atoms with Gasteiger partial charge in [-0.15, -0.1) is 0 Å². The van der Waals surface area contributed by atoms with E-state index in [1.807, 2.05) is 0 Å². The molecule has 3 aromatic rings. The van der Waals surface area contributed by atoms with Crippen molar-refractivity contribution >= 4 is 17.1 Å². The molecule has 1 aromatic heterocycles. The number of rotatable bonds is 6. The number of aromatic nitrogens is 2. The van der Waals surface area contributed by atoms with Gasteiger partial charge in [0, 0.05) is 31.8 Å². The van der Waals surface area contributed by atoms with Gasteiger partial charge in [0.15, 0.2) is 0 Å². The molecule has 2 aromatic carbocycles. The lowest BCUT2D eigenvalue weighted by molar-refractivity contribution is -0.384. The minimum absolute atomic E-state index is 0.0645. The molecule has 0 aliphatic rings. The number of nitrogens with one attached hydrogen (secondary N) is 1. The molecule has 160 valence electrons. The highest BCUT2D eigenvalue weighted by Gasteiger charge is 2.22. The first-order valence-electron chi connectivity index (χ1n) is 8.96. The van der Waals surface area contributed by atoms with Crippen LogP contribution in [-0.2, 0) is 14.1 Å². The van der Waals surface area contributed by atoms with E-state index in [4.69, 9.17) is 4.74 Å². The Hall–Kier alpha value is -4.41. The molecular weight excluding hydrogens is 406 g/mol. The number of ether oxygens (including phenoxy) is 1. The molecule has 0 unspecified atom stereocenters. The largest absolute Gasteiger partial charge is 0.497 e. The third-order valence-corrected chi connectivity index (χ3v) is 4.61. The number of anilines is 1. The Morgan fingerprint density at radius 2 is 1.68 bits per heavy atom. The Morgan fingerprint density at radius 3 is 2.23 bits per heavy atom. The van der Waals surface area contributed by atoms with E-state index in [-0.39, 0.29) is 17.0 Å². The van der Waals surface area contributed by atoms with Gasteiger partial charge in [0.25, 0.3) is 11.2 Å². The Kier molecular flexibility index (Phi) is 5.86. The summed E-state index contributed by atoms with van der Waals surface area (Å²) in [6.45, 7) is 0. The topological polar surface area (TPSA) is 141 Å². The molecule has 0 spiro atoms. The number of hydrazone groups is 1. The van der Waals surface area contributed by atoms with Gasteiger partial charge in [-0.2, -0.15) is 5.10 Å². The summed E-state index contributed by atoms with van der Waals surface area (Å²) in [6, 6.07) is 12.1. The van der Waals surface area contributed by atoms with Gasteiger partial charge in [-0.25, -0.2) is 4.79 Å². The predicted molar refractivity (Wildman–Crippen MR) is 114 cm³/mol. The molecule has 0 amide bonds. The van der Waals surface area contributed by atoms with Gasteiger partial charge in [-0.3, -0.25) is 29.5 Å². The van der Waals surface area contributed by atoms with Crippen molar-refractivity contribution in [1.29, 1.82) is 0 Å². The zero-order chi connectivity index (χ0) is 22.7. The van der Waals surface area contributed by atoms with Crippen molar-refractivity contribution in [1.82, 2.24) is 9.13 Å². The minimum atomic E-state index is -0.735. The fraction of sp³-hybridized carbons (Fsp3) is 0.150. The zero-order valence-corrected chi connectivity index (χ0v) is 16.9. The monoisotopic (exact) mass is 425 g/mol. The van der Waals surface area contributed by atoms with Crippen LogP contribution < -0.4 is 21.4 Å². The van der Waals surface area contributed by atoms with Gasteiger partial charge < -0.3 is 9.84 Å². The lowest BCUT2D eigenvalue weighted by atomic mass is 10.0. The van der Waals surface area contributed by atoms with Crippen LogP contribution in [0.5, 0.6) is 11.6 Å². The number of hydrogen-bond donors (Lipinski definition) is 2. The van der Waals surface area contributed by atoms with Gasteiger partial charge in [0.05, 0.1) is 17.7 Å². The number of aromatic hydroxyl groups is 1. The summed E-state index contributed by atoms with van der Waals surface area (Å²) in [7, 11) is 4.13. The van der Waals surface area contributed by atoms with E-state index in [2.05, 4.69) is 10.5 Å². The maximum Gasteiger partial charge on any atom is 0.333 e. The molecule has 0 saturated carbocycles. The molecule has 11 nitrogen and oxygen atoms in total. The van der Waals surface area contributed by atoms with E-state index >= 15 is 0 Å². The van der Waals surface area contributed by atoms with Crippen molar-refractivity contribution in [2.75, 3.05) is 12.5 Å². The first-order chi connectivity index (χ1) is 14.7. The lowest BCUT2D eigenvalue weighted by Crippen LogP contribution is -2.40. The molecule has 0 saturated heterocycles. The molecule has 2 N–H and O–H groups in total. The Morgan fingerprint density at radius 1 is 1.06 bits per heavy atom. The molecule has 11 heteroatoms. The Labute approximate surface area is 175 Å². The summed E-state index contributed by atoms with van der Waals surface area (Å²) < 4.78 is 6.94. The number of methoxy groups -OCH3 is 1. The molecule has 0 atom stereocenters. The third-order valence-electron chi connectivity index (χ3n) is 4.61. The Bertz CT molecular complexity index is 1270. The zero-order valence-electron chi connectivity index (χ0n) is 16.9. The van der Waals surface area contributed by atoms with E-state index in [0.717, 1.165) is 9.13 Å². The van der Waals surface area contributed by atoms with Crippen LogP contribution in [0.1, 0.15) is 11.1 Å². The van der Waals surface area contributed by atoms with Crippen LogP contribution in [0.15, 0.2) is 63.2 Å². The van der Waals surface area contributed by atoms with Gasteiger partial charge in [0.1, 0.15) is 17.0 Å². The van der Waals surface area contributed by atoms with E-state index in [1.54, 1.807) is 24.3 Å². The molecule has 0 aliphatic carbocycles. The highest BCUT2D eigenvalue weighted by molar-refractivity contribution is 6.14. The first kappa shape index (κ1) is 21.3. The summed E-state index contributed by atoms with van der Waals surface area (Å²) in [5, 5.41) is 25.6. The second kappa shape index (κ2) is 8.53. The van der Waals surface area contributed by atoms with Crippen molar-refractivity contribution in [3.05, 3.63) is 90.6 Å². The quantitative estimate of drug-likeness (QED) is 0.347. The molecule has 0 radical (unpaired) electrons. The number of nitro benzene ring substituents is 1. The highest BCUT2D eigenvalue weighted by Crippen LogP contribution is 2.20. The second-order valence-electron chi connectivity index (χ2n) is 6.51. The number of nitrogens with zero attached hydrogens (tertiary/aromatic N) is 4. The van der Waals surface area contributed by atoms with Crippen molar-refractivity contribution in [2.24, 2.45) is 19.2 Å². The fourth-order valence-electron chi connectivity index (χ4n) is 2.83. The molecule has 31 heavy (non-hydrogen) atoms. The van der Waals surface area contributed by atoms with E-state index in [1.165, 1.54) is 45.5 Å². The first-order valence-corrected chi connectivity index (χ1v) is 8.96. The van der Waals surface area contributed by atoms with Crippen LogP contribution in [-0.4, -0.2) is 32.0 Å². The summed E-state index contributed by atoms with van der Waals surface area (Å²) >= 11 is 0. The Balaban J connectivity index is 2.16. The van der Waals surface area contributed by atoms with Crippen LogP contribution in [0.25, 0.3) is 0 Å². The average molecular weight is 425 g/mol. The molecule has 0 aliphatic heterocycles. The summed E-state index contributed by atoms with van der Waals surface area (Å²) in [6.07, 6.45) is 0. The number of nitro groups is 1. The molecule has 3 rings (SSSR count). The maximum absolute atomic E-state index is 12.8. The number of non-ortho nitro benzene ring substituents is 1. The van der Waals surface area contributed by atoms with Crippen LogP contribution >= 0.6 is 0 Å². The number of benzene rings is 2. The predicted octanol–water partition coefficient (Wildman–Crippen LogP) is 1.57. The minimum Gasteiger partial charge on any atom is -0.497 e. The van der Waals surface area contributed by atoms with E-state index in [9.17, 15) is 24.8 Å². The van der Waals surface area contributed by atoms with Crippen LogP contribution in [0.3, 0.4) is 0 Å². The summed E-state index contributed by atoms with van der Waals surface area (Å²) in [5.41, 5.74) is 1.96. The van der Waals surface area contributed by atoms with Crippen LogP contribution in [0.2, 0.25) is 0 Å². The maximum atomic E-state index is 12.8. The van der Waals surface area contributed by atoms with Gasteiger partial charge >= 0.3 is 5.69 Å². The van der Waals surface area contributed by atoms with Crippen molar-refractivity contribution in [3.63, 3.8) is 0 Å². The van der Waals surface area contributed by atoms with Crippen LogP contribution in [0.4, 0.5) is 11.4 Å². The van der Waals surface area contributed by atoms with Gasteiger partial charge in [-0.05, 0) is 36.4 Å². The number of hydrogen-bond acceptors (Lipinski definition) is 8. The van der Waals surface area contributed by atoms with Crippen molar-refractivity contribution in [2.45, 2.75) is 0 Å². The molecule has 1 heterocycles. The highest BCUT2D eigenvalue weighted by atomic mass is 16.6. The normalized spacial score (nSPS) is 11.3. The second-order valence-corrected chi connectivity index (χ2v) is 6.51. The SMILES string of the molecule is COc1ccc(/C(=N\Nc2ccc([N+](=O)[O-])cc2)c2c(O)n(C)c(=O)n(C)c2=O)cc1. The van der Waals surface area contributed by atoms with Gasteiger partial charge in [0.2, 0.25) is 5.88 Å². The summed E-state index contributed by atoms with van der Waals surface area (Å²) in [5.74, 6) is 0.0252. The third kappa shape index (κ3) is 4.15. The van der Waals surface area contributed by atoms with Crippen molar-refractivity contribution < 1.29 is 14.8 Å². The van der Waals surface area contributed by atoms with E-state index < -0.39 is 22.1 Å². The standard InChI is InChI=1S/C20H19N5O6/c1-23-18(26)16(19(27)24(2)20(23)28)17(12-4-10-15(31-3)11-5-12)22-21-13-6-8-14(9-7-13)25(29)30/h4-11,21,26H,1-3H3/b22-17+. The lowest BCUT2D eigenvalue weighted by Gasteiger charge is -2.13. The molecular formula is C20H19N5O6. The fourth-order valence-corrected chi connectivity index (χ4v) is 2.83.